The van der Waals surface area contributed by atoms with E-state index in [0.717, 1.165) is 32.0 Å². The highest BCUT2D eigenvalue weighted by Gasteiger charge is 2.26. The summed E-state index contributed by atoms with van der Waals surface area (Å²) in [6.45, 7) is 4.68. The van der Waals surface area contributed by atoms with Crippen molar-refractivity contribution < 1.29 is 0 Å². The third-order valence-electron chi connectivity index (χ3n) is 3.90. The van der Waals surface area contributed by atoms with E-state index in [9.17, 15) is 0 Å². The van der Waals surface area contributed by atoms with Crippen molar-refractivity contribution in [2.45, 2.75) is 6.04 Å². The Morgan fingerprint density at radius 1 is 1.24 bits per heavy atom. The summed E-state index contributed by atoms with van der Waals surface area (Å²) in [5, 5.41) is 2.12. The van der Waals surface area contributed by atoms with E-state index in [1.165, 1.54) is 9.35 Å². The van der Waals surface area contributed by atoms with Gasteiger partial charge in [0.15, 0.2) is 0 Å². The lowest BCUT2D eigenvalue weighted by molar-refractivity contribution is 0.192. The molecule has 3 heterocycles. The number of pyridine rings is 1. The smallest absolute Gasteiger partial charge is 0.128 e. The van der Waals surface area contributed by atoms with Crippen molar-refractivity contribution in [1.82, 2.24) is 9.88 Å². The molecule has 0 aliphatic carbocycles. The van der Waals surface area contributed by atoms with Crippen LogP contribution in [0.1, 0.15) is 10.9 Å². The van der Waals surface area contributed by atoms with Crippen molar-refractivity contribution >= 4 is 33.1 Å². The van der Waals surface area contributed by atoms with Gasteiger partial charge in [-0.15, -0.1) is 11.3 Å². The molecule has 0 saturated carbocycles. The Kier molecular flexibility index (Phi) is 4.90. The van der Waals surface area contributed by atoms with Crippen LogP contribution in [0.3, 0.4) is 0 Å². The Labute approximate surface area is 137 Å². The van der Waals surface area contributed by atoms with Crippen LogP contribution in [0.5, 0.6) is 0 Å². The third kappa shape index (κ3) is 3.29. The maximum absolute atomic E-state index is 6.03. The van der Waals surface area contributed by atoms with Gasteiger partial charge in [-0.05, 0) is 39.5 Å². The molecule has 4 nitrogen and oxygen atoms in total. The number of anilines is 1. The number of halogens is 1. The average molecular weight is 367 g/mol. The molecule has 1 fully saturated rings. The Hall–Kier alpha value is -0.950. The molecule has 0 bridgehead atoms. The fourth-order valence-electron chi connectivity index (χ4n) is 2.77. The zero-order valence-electron chi connectivity index (χ0n) is 11.8. The summed E-state index contributed by atoms with van der Waals surface area (Å²) in [6.07, 6.45) is 1.85. The van der Waals surface area contributed by atoms with Crippen molar-refractivity contribution in [3.63, 3.8) is 0 Å². The predicted molar refractivity (Wildman–Crippen MR) is 91.8 cm³/mol. The fourth-order valence-corrected chi connectivity index (χ4v) is 4.55. The molecule has 0 amide bonds. The minimum absolute atomic E-state index is 0.310. The summed E-state index contributed by atoms with van der Waals surface area (Å²) in [5.74, 6) is 1.07. The van der Waals surface area contributed by atoms with Gasteiger partial charge in [0.2, 0.25) is 0 Å². The van der Waals surface area contributed by atoms with E-state index in [1.54, 1.807) is 11.3 Å². The standard InChI is InChI=1S/C15H19BrN4S/c16-12-4-10-21-15(12)13(11-17)19-6-8-20(9-7-19)14-3-1-2-5-18-14/h1-5,10,13H,6-9,11,17H2. The molecule has 6 heteroatoms. The number of thiophene rings is 1. The van der Waals surface area contributed by atoms with Crippen molar-refractivity contribution in [1.29, 1.82) is 0 Å². The van der Waals surface area contributed by atoms with Gasteiger partial charge in [0.05, 0.1) is 6.04 Å². The Morgan fingerprint density at radius 2 is 2.05 bits per heavy atom. The number of nitrogens with zero attached hydrogens (tertiary/aromatic N) is 3. The van der Waals surface area contributed by atoms with Gasteiger partial charge in [0, 0.05) is 48.3 Å². The Balaban J connectivity index is 1.66. The first-order valence-electron chi connectivity index (χ1n) is 7.12. The van der Waals surface area contributed by atoms with Gasteiger partial charge in [0.1, 0.15) is 5.82 Å². The van der Waals surface area contributed by atoms with Crippen LogP contribution < -0.4 is 10.6 Å². The van der Waals surface area contributed by atoms with Crippen molar-refractivity contribution in [3.05, 3.63) is 45.2 Å². The molecule has 112 valence electrons. The molecule has 1 atom stereocenters. The molecule has 1 aliphatic heterocycles. The van der Waals surface area contributed by atoms with Gasteiger partial charge < -0.3 is 10.6 Å². The SMILES string of the molecule is NCC(c1sccc1Br)N1CCN(c2ccccn2)CC1. The van der Waals surface area contributed by atoms with Gasteiger partial charge in [0.25, 0.3) is 0 Å². The summed E-state index contributed by atoms with van der Waals surface area (Å²) >= 11 is 5.41. The van der Waals surface area contributed by atoms with E-state index in [4.69, 9.17) is 5.73 Å². The molecule has 2 aromatic heterocycles. The number of rotatable bonds is 4. The number of hydrogen-bond acceptors (Lipinski definition) is 5. The first-order chi connectivity index (χ1) is 10.3. The van der Waals surface area contributed by atoms with Crippen molar-refractivity contribution in [2.24, 2.45) is 5.73 Å². The van der Waals surface area contributed by atoms with Crippen LogP contribution in [-0.2, 0) is 0 Å². The molecular weight excluding hydrogens is 348 g/mol. The highest BCUT2D eigenvalue weighted by Crippen LogP contribution is 2.32. The van der Waals surface area contributed by atoms with Gasteiger partial charge in [-0.25, -0.2) is 4.98 Å². The monoisotopic (exact) mass is 366 g/mol. The van der Waals surface area contributed by atoms with Crippen molar-refractivity contribution in [2.75, 3.05) is 37.6 Å². The summed E-state index contributed by atoms with van der Waals surface area (Å²) in [4.78, 5) is 10.6. The van der Waals surface area contributed by atoms with E-state index in [-0.39, 0.29) is 0 Å². The maximum Gasteiger partial charge on any atom is 0.128 e. The zero-order valence-corrected chi connectivity index (χ0v) is 14.2. The van der Waals surface area contributed by atoms with Crippen LogP contribution in [0.2, 0.25) is 0 Å². The second-order valence-electron chi connectivity index (χ2n) is 5.10. The lowest BCUT2D eigenvalue weighted by Crippen LogP contribution is -2.49. The molecule has 1 saturated heterocycles. The molecule has 2 aromatic rings. The molecule has 0 aromatic carbocycles. The van der Waals surface area contributed by atoms with Gasteiger partial charge >= 0.3 is 0 Å². The highest BCUT2D eigenvalue weighted by molar-refractivity contribution is 9.10. The molecule has 3 rings (SSSR count). The third-order valence-corrected chi connectivity index (χ3v) is 5.87. The molecule has 0 spiro atoms. The van der Waals surface area contributed by atoms with Crippen LogP contribution >= 0.6 is 27.3 Å². The van der Waals surface area contributed by atoms with Crippen LogP contribution in [0.15, 0.2) is 40.3 Å². The van der Waals surface area contributed by atoms with E-state index in [2.05, 4.69) is 48.2 Å². The molecule has 1 aliphatic rings. The van der Waals surface area contributed by atoms with Gasteiger partial charge in [-0.1, -0.05) is 6.07 Å². The zero-order chi connectivity index (χ0) is 14.7. The Bertz CT molecular complexity index is 566. The van der Waals surface area contributed by atoms with Gasteiger partial charge in [-0.3, -0.25) is 4.90 Å². The summed E-state index contributed by atoms with van der Waals surface area (Å²) < 4.78 is 1.18. The van der Waals surface area contributed by atoms with Crippen LogP contribution in [-0.4, -0.2) is 42.6 Å². The first kappa shape index (κ1) is 15.0. The van der Waals surface area contributed by atoms with Gasteiger partial charge in [-0.2, -0.15) is 0 Å². The lowest BCUT2D eigenvalue weighted by Gasteiger charge is -2.39. The van der Waals surface area contributed by atoms with Crippen molar-refractivity contribution in [3.8, 4) is 0 Å². The minimum atomic E-state index is 0.310. The molecule has 21 heavy (non-hydrogen) atoms. The molecular formula is C15H19BrN4S. The summed E-state index contributed by atoms with van der Waals surface area (Å²) in [5.41, 5.74) is 6.03. The first-order valence-corrected chi connectivity index (χ1v) is 8.80. The quantitative estimate of drug-likeness (QED) is 0.903. The molecule has 2 N–H and O–H groups in total. The van der Waals surface area contributed by atoms with E-state index in [0.29, 0.717) is 12.6 Å². The van der Waals surface area contributed by atoms with Crippen LogP contribution in [0.25, 0.3) is 0 Å². The number of hydrogen-bond donors (Lipinski definition) is 1. The van der Waals surface area contributed by atoms with E-state index in [1.807, 2.05) is 18.3 Å². The predicted octanol–water partition coefficient (Wildman–Crippen LogP) is 2.73. The van der Waals surface area contributed by atoms with Crippen LogP contribution in [0, 0.1) is 0 Å². The van der Waals surface area contributed by atoms with E-state index >= 15 is 0 Å². The fraction of sp³-hybridized carbons (Fsp3) is 0.400. The second kappa shape index (κ2) is 6.87. The summed E-state index contributed by atoms with van der Waals surface area (Å²) in [6, 6.07) is 8.49. The average Bonchev–Trinajstić information content (AvgIpc) is 2.96. The Morgan fingerprint density at radius 3 is 2.62 bits per heavy atom. The second-order valence-corrected chi connectivity index (χ2v) is 6.90. The molecule has 0 radical (unpaired) electrons. The summed E-state index contributed by atoms with van der Waals surface area (Å²) in [7, 11) is 0. The largest absolute Gasteiger partial charge is 0.354 e. The number of nitrogens with two attached hydrogens (primary N) is 1. The number of aromatic nitrogens is 1. The highest BCUT2D eigenvalue weighted by atomic mass is 79.9. The number of piperazine rings is 1. The lowest BCUT2D eigenvalue weighted by atomic mass is 10.1. The minimum Gasteiger partial charge on any atom is -0.354 e. The maximum atomic E-state index is 6.03. The molecule has 1 unspecified atom stereocenters. The van der Waals surface area contributed by atoms with E-state index < -0.39 is 0 Å². The topological polar surface area (TPSA) is 45.4 Å². The normalized spacial score (nSPS) is 17.9. The van der Waals surface area contributed by atoms with Crippen LogP contribution in [0.4, 0.5) is 5.82 Å².